The zero-order valence-corrected chi connectivity index (χ0v) is 8.30. The van der Waals surface area contributed by atoms with Crippen LogP contribution in [0.1, 0.15) is 25.6 Å². The topological polar surface area (TPSA) is 54.5 Å². The van der Waals surface area contributed by atoms with E-state index in [1.54, 1.807) is 17.5 Å². The second-order valence-corrected chi connectivity index (χ2v) is 3.93. The summed E-state index contributed by atoms with van der Waals surface area (Å²) < 4.78 is 0. The maximum absolute atomic E-state index is 4.33. The maximum Gasteiger partial charge on any atom is 0.210 e. The number of aromatic nitrogens is 4. The highest BCUT2D eigenvalue weighted by Gasteiger charge is 2.09. The second-order valence-electron chi connectivity index (χ2n) is 3.04. The van der Waals surface area contributed by atoms with Crippen molar-refractivity contribution < 1.29 is 0 Å². The van der Waals surface area contributed by atoms with Crippen LogP contribution in [0.3, 0.4) is 0 Å². The second kappa shape index (κ2) is 3.26. The van der Waals surface area contributed by atoms with Gasteiger partial charge in [0.2, 0.25) is 5.82 Å². The van der Waals surface area contributed by atoms with Crippen molar-refractivity contribution in [2.45, 2.75) is 19.8 Å². The van der Waals surface area contributed by atoms with E-state index >= 15 is 0 Å². The molecule has 5 heteroatoms. The van der Waals surface area contributed by atoms with Crippen LogP contribution in [0.15, 0.2) is 11.6 Å². The molecule has 0 aliphatic carbocycles. The van der Waals surface area contributed by atoms with Crippen LogP contribution in [0.5, 0.6) is 0 Å². The Kier molecular flexibility index (Phi) is 2.10. The maximum atomic E-state index is 4.33. The molecule has 0 atom stereocenters. The van der Waals surface area contributed by atoms with Crippen molar-refractivity contribution in [2.24, 2.45) is 0 Å². The molecule has 0 aromatic carbocycles. The average molecular weight is 194 g/mol. The number of H-pyrrole nitrogens is 1. The van der Waals surface area contributed by atoms with Gasteiger partial charge in [-0.1, -0.05) is 13.8 Å². The lowest BCUT2D eigenvalue weighted by Crippen LogP contribution is -1.89. The Morgan fingerprint density at radius 2 is 2.31 bits per heavy atom. The lowest BCUT2D eigenvalue weighted by atomic mass is 10.2. The molecule has 0 aliphatic rings. The highest BCUT2D eigenvalue weighted by atomic mass is 32.1. The van der Waals surface area contributed by atoms with E-state index < -0.39 is 0 Å². The van der Waals surface area contributed by atoms with Gasteiger partial charge < -0.3 is 0 Å². The monoisotopic (exact) mass is 194 g/mol. The molecule has 0 saturated heterocycles. The number of hydrogen-bond donors (Lipinski definition) is 1. The fourth-order valence-electron chi connectivity index (χ4n) is 0.962. The minimum absolute atomic E-state index is 0.376. The van der Waals surface area contributed by atoms with Crippen molar-refractivity contribution in [3.05, 3.63) is 17.4 Å². The number of hydrogen-bond acceptors (Lipinski definition) is 4. The molecule has 1 N–H and O–H groups in total. The van der Waals surface area contributed by atoms with E-state index in [4.69, 9.17) is 0 Å². The van der Waals surface area contributed by atoms with Gasteiger partial charge in [-0.2, -0.15) is 5.10 Å². The van der Waals surface area contributed by atoms with Crippen molar-refractivity contribution in [2.75, 3.05) is 0 Å². The lowest BCUT2D eigenvalue weighted by molar-refractivity contribution is 0.781. The van der Waals surface area contributed by atoms with E-state index in [1.165, 1.54) is 0 Å². The fraction of sp³-hybridized carbons (Fsp3) is 0.375. The Morgan fingerprint density at radius 3 is 2.85 bits per heavy atom. The molecular weight excluding hydrogens is 184 g/mol. The van der Waals surface area contributed by atoms with Crippen LogP contribution in [-0.4, -0.2) is 20.2 Å². The fourth-order valence-corrected chi connectivity index (χ4v) is 1.53. The third kappa shape index (κ3) is 1.60. The molecule has 0 radical (unpaired) electrons. The first-order valence-corrected chi connectivity index (χ1v) is 4.97. The summed E-state index contributed by atoms with van der Waals surface area (Å²) in [7, 11) is 0. The van der Waals surface area contributed by atoms with Gasteiger partial charge in [-0.05, 0) is 0 Å². The van der Waals surface area contributed by atoms with Crippen LogP contribution in [0.4, 0.5) is 0 Å². The standard InChI is InChI=1S/C8H10N4S/c1-5(2)6-10-7(12-11-6)8-9-3-4-13-8/h3-5H,1-2H3,(H,10,11,12). The Balaban J connectivity index is 2.33. The Bertz CT molecular complexity index is 377. The summed E-state index contributed by atoms with van der Waals surface area (Å²) in [6, 6.07) is 0. The van der Waals surface area contributed by atoms with Crippen LogP contribution < -0.4 is 0 Å². The molecule has 0 amide bonds. The summed E-state index contributed by atoms with van der Waals surface area (Å²) in [5, 5.41) is 9.77. The quantitative estimate of drug-likeness (QED) is 0.796. The highest BCUT2D eigenvalue weighted by Crippen LogP contribution is 2.18. The van der Waals surface area contributed by atoms with Gasteiger partial charge in [0.1, 0.15) is 5.82 Å². The van der Waals surface area contributed by atoms with Crippen LogP contribution in [0, 0.1) is 0 Å². The van der Waals surface area contributed by atoms with E-state index in [9.17, 15) is 0 Å². The van der Waals surface area contributed by atoms with Crippen LogP contribution in [0.25, 0.3) is 10.8 Å². The lowest BCUT2D eigenvalue weighted by Gasteiger charge is -1.94. The minimum Gasteiger partial charge on any atom is -0.262 e. The SMILES string of the molecule is CC(C)c1nc(-c2nccs2)n[nH]1. The summed E-state index contributed by atoms with van der Waals surface area (Å²) in [4.78, 5) is 8.47. The largest absolute Gasteiger partial charge is 0.262 e. The molecule has 2 rings (SSSR count). The van der Waals surface area contributed by atoms with Crippen molar-refractivity contribution >= 4 is 11.3 Å². The van der Waals surface area contributed by atoms with Gasteiger partial charge in [0.25, 0.3) is 0 Å². The van der Waals surface area contributed by atoms with Gasteiger partial charge in [-0.3, -0.25) is 5.10 Å². The molecule has 2 aromatic rings. The summed E-state index contributed by atoms with van der Waals surface area (Å²) in [6.45, 7) is 4.15. The zero-order valence-electron chi connectivity index (χ0n) is 7.48. The first-order chi connectivity index (χ1) is 6.27. The van der Waals surface area contributed by atoms with Crippen LogP contribution >= 0.6 is 11.3 Å². The molecule has 0 spiro atoms. The molecule has 0 fully saturated rings. The number of aromatic amines is 1. The molecule has 68 valence electrons. The molecular formula is C8H10N4S. The van der Waals surface area contributed by atoms with Crippen molar-refractivity contribution in [1.82, 2.24) is 20.2 Å². The molecule has 0 aliphatic heterocycles. The predicted molar refractivity (Wildman–Crippen MR) is 51.6 cm³/mol. The van der Waals surface area contributed by atoms with Crippen molar-refractivity contribution in [3.8, 4) is 10.8 Å². The first-order valence-electron chi connectivity index (χ1n) is 4.09. The number of nitrogens with one attached hydrogen (secondary N) is 1. The van der Waals surface area contributed by atoms with E-state index in [0.717, 1.165) is 10.8 Å². The Morgan fingerprint density at radius 1 is 1.46 bits per heavy atom. The van der Waals surface area contributed by atoms with E-state index in [2.05, 4.69) is 34.0 Å². The number of thiazole rings is 1. The van der Waals surface area contributed by atoms with E-state index in [-0.39, 0.29) is 0 Å². The normalized spacial score (nSPS) is 11.0. The smallest absolute Gasteiger partial charge is 0.210 e. The molecule has 2 aromatic heterocycles. The summed E-state index contributed by atoms with van der Waals surface area (Å²) in [5.41, 5.74) is 0. The highest BCUT2D eigenvalue weighted by molar-refractivity contribution is 7.12. The van der Waals surface area contributed by atoms with Gasteiger partial charge >= 0.3 is 0 Å². The van der Waals surface area contributed by atoms with Crippen LogP contribution in [-0.2, 0) is 0 Å². The zero-order chi connectivity index (χ0) is 9.26. The molecule has 4 nitrogen and oxygen atoms in total. The predicted octanol–water partition coefficient (Wildman–Crippen LogP) is 2.05. The van der Waals surface area contributed by atoms with Crippen LogP contribution in [0.2, 0.25) is 0 Å². The summed E-state index contributed by atoms with van der Waals surface area (Å²) >= 11 is 1.54. The van der Waals surface area contributed by atoms with E-state index in [1.807, 2.05) is 5.38 Å². The molecule has 0 bridgehead atoms. The van der Waals surface area contributed by atoms with Gasteiger partial charge in [0.05, 0.1) is 0 Å². The van der Waals surface area contributed by atoms with Gasteiger partial charge in [-0.15, -0.1) is 11.3 Å². The minimum atomic E-state index is 0.376. The summed E-state index contributed by atoms with van der Waals surface area (Å²) in [6.07, 6.45) is 1.76. The van der Waals surface area contributed by atoms with Gasteiger partial charge in [0.15, 0.2) is 5.01 Å². The van der Waals surface area contributed by atoms with E-state index in [0.29, 0.717) is 11.7 Å². The molecule has 13 heavy (non-hydrogen) atoms. The Hall–Kier alpha value is -1.23. The molecule has 0 unspecified atom stereocenters. The summed E-state index contributed by atoms with van der Waals surface area (Å²) in [5.74, 6) is 1.98. The number of nitrogens with zero attached hydrogens (tertiary/aromatic N) is 3. The molecule has 0 saturated carbocycles. The molecule has 2 heterocycles. The van der Waals surface area contributed by atoms with Gasteiger partial charge in [-0.25, -0.2) is 9.97 Å². The van der Waals surface area contributed by atoms with Crippen molar-refractivity contribution in [1.29, 1.82) is 0 Å². The third-order valence-electron chi connectivity index (χ3n) is 1.67. The van der Waals surface area contributed by atoms with Crippen molar-refractivity contribution in [3.63, 3.8) is 0 Å². The average Bonchev–Trinajstić information content (AvgIpc) is 2.75. The third-order valence-corrected chi connectivity index (χ3v) is 2.44. The Labute approximate surface area is 80.1 Å². The number of rotatable bonds is 2. The first kappa shape index (κ1) is 8.37. The van der Waals surface area contributed by atoms with Gasteiger partial charge in [0, 0.05) is 17.5 Å².